The third-order valence-corrected chi connectivity index (χ3v) is 13.2. The molecule has 5 aliphatic carbocycles. The Morgan fingerprint density at radius 1 is 0.914 bits per heavy atom. The zero-order chi connectivity index (χ0) is 25.7. The highest BCUT2D eigenvalue weighted by atomic mass is 16.4. The standard InChI is InChI=1S/C32H50O3/c1-27(2)16-18-32(15-12-26(34)35)19-17-30(6)21(22(32)20-27)8-9-24-29(5)13-11-25(33)28(3,4)23(29)10-14-31(24,30)7/h8,12,15,22-25,33H,9-11,13-14,16-20H2,1-7H3,(H,34,35)/b15-12+/t22-,23?,24?,25?,29-,30+,31+,32?/m0/s1. The van der Waals surface area contributed by atoms with Gasteiger partial charge in [0.05, 0.1) is 6.10 Å². The van der Waals surface area contributed by atoms with E-state index >= 15 is 0 Å². The van der Waals surface area contributed by atoms with Gasteiger partial charge in [0, 0.05) is 6.08 Å². The Labute approximate surface area is 213 Å². The first-order chi connectivity index (χ1) is 16.1. The van der Waals surface area contributed by atoms with Crippen LogP contribution < -0.4 is 0 Å². The van der Waals surface area contributed by atoms with Gasteiger partial charge in [-0.1, -0.05) is 66.2 Å². The number of aliphatic carboxylic acids is 1. The number of aliphatic hydroxyl groups is 1. The summed E-state index contributed by atoms with van der Waals surface area (Å²) in [6, 6.07) is 0. The number of carboxylic acids is 1. The Balaban J connectivity index is 1.58. The van der Waals surface area contributed by atoms with Crippen LogP contribution in [0, 0.1) is 50.2 Å². The van der Waals surface area contributed by atoms with Crippen LogP contribution in [0.3, 0.4) is 0 Å². The maximum absolute atomic E-state index is 11.6. The molecule has 0 radical (unpaired) electrons. The molecule has 0 heterocycles. The summed E-state index contributed by atoms with van der Waals surface area (Å²) in [5, 5.41) is 20.4. The molecule has 5 rings (SSSR count). The smallest absolute Gasteiger partial charge is 0.327 e. The maximum Gasteiger partial charge on any atom is 0.327 e. The van der Waals surface area contributed by atoms with Gasteiger partial charge in [-0.3, -0.25) is 0 Å². The zero-order valence-corrected chi connectivity index (χ0v) is 23.4. The first kappa shape index (κ1) is 25.6. The molecule has 196 valence electrons. The van der Waals surface area contributed by atoms with Gasteiger partial charge in [-0.05, 0) is 114 Å². The summed E-state index contributed by atoms with van der Waals surface area (Å²) in [4.78, 5) is 11.6. The highest BCUT2D eigenvalue weighted by molar-refractivity contribution is 5.79. The number of hydrogen-bond acceptors (Lipinski definition) is 2. The minimum atomic E-state index is -0.811. The lowest BCUT2D eigenvalue weighted by Crippen LogP contribution is -2.64. The van der Waals surface area contributed by atoms with E-state index in [0.29, 0.717) is 23.2 Å². The van der Waals surface area contributed by atoms with Gasteiger partial charge in [0.1, 0.15) is 0 Å². The van der Waals surface area contributed by atoms with Gasteiger partial charge in [0.15, 0.2) is 0 Å². The fourth-order valence-electron chi connectivity index (χ4n) is 10.8. The van der Waals surface area contributed by atoms with Crippen molar-refractivity contribution in [2.45, 2.75) is 119 Å². The number of aliphatic hydroxyl groups excluding tert-OH is 1. The average Bonchev–Trinajstić information content (AvgIpc) is 2.76. The number of rotatable bonds is 2. The van der Waals surface area contributed by atoms with Gasteiger partial charge in [0.2, 0.25) is 0 Å². The highest BCUT2D eigenvalue weighted by Gasteiger charge is 2.68. The SMILES string of the molecule is CC1(C)CCC2(/C=C/C(=O)O)CC[C@]3(C)C(=CCC4[C@@]5(C)CCC(O)C(C)(C)C5CC[C@]43C)[C@@H]2C1. The van der Waals surface area contributed by atoms with Crippen LogP contribution in [0.15, 0.2) is 23.8 Å². The van der Waals surface area contributed by atoms with E-state index in [1.165, 1.54) is 31.8 Å². The number of fused-ring (bicyclic) bond motifs is 7. The Morgan fingerprint density at radius 3 is 2.29 bits per heavy atom. The van der Waals surface area contributed by atoms with Crippen molar-refractivity contribution in [1.82, 2.24) is 0 Å². The van der Waals surface area contributed by atoms with Crippen LogP contribution in [0.2, 0.25) is 0 Å². The molecule has 0 aromatic carbocycles. The van der Waals surface area contributed by atoms with E-state index in [2.05, 4.69) is 60.6 Å². The third kappa shape index (κ3) is 3.42. The average molecular weight is 483 g/mol. The monoisotopic (exact) mass is 482 g/mol. The van der Waals surface area contributed by atoms with E-state index < -0.39 is 5.97 Å². The van der Waals surface area contributed by atoms with Crippen molar-refractivity contribution >= 4 is 5.97 Å². The molecule has 4 unspecified atom stereocenters. The van der Waals surface area contributed by atoms with E-state index in [0.717, 1.165) is 38.5 Å². The minimum Gasteiger partial charge on any atom is -0.478 e. The predicted molar refractivity (Wildman–Crippen MR) is 142 cm³/mol. The van der Waals surface area contributed by atoms with E-state index in [1.54, 1.807) is 5.57 Å². The summed E-state index contributed by atoms with van der Waals surface area (Å²) in [5.74, 6) is 0.862. The molecule has 0 aromatic heterocycles. The van der Waals surface area contributed by atoms with Crippen LogP contribution in [-0.2, 0) is 4.79 Å². The molecule has 4 saturated carbocycles. The number of carboxylic acid groups (broad SMARTS) is 1. The largest absolute Gasteiger partial charge is 0.478 e. The van der Waals surface area contributed by atoms with Crippen molar-refractivity contribution in [2.75, 3.05) is 0 Å². The molecule has 0 amide bonds. The summed E-state index contributed by atoms with van der Waals surface area (Å²) >= 11 is 0. The molecular formula is C32H50O3. The molecule has 0 bridgehead atoms. The zero-order valence-electron chi connectivity index (χ0n) is 23.4. The maximum atomic E-state index is 11.6. The van der Waals surface area contributed by atoms with Crippen LogP contribution in [0.4, 0.5) is 0 Å². The molecule has 35 heavy (non-hydrogen) atoms. The van der Waals surface area contributed by atoms with Crippen molar-refractivity contribution in [3.05, 3.63) is 23.8 Å². The fraction of sp³-hybridized carbons (Fsp3) is 0.844. The summed E-state index contributed by atoms with van der Waals surface area (Å²) < 4.78 is 0. The molecule has 5 aliphatic rings. The Bertz CT molecular complexity index is 958. The summed E-state index contributed by atoms with van der Waals surface area (Å²) in [7, 11) is 0. The lowest BCUT2D eigenvalue weighted by molar-refractivity contribution is -0.202. The topological polar surface area (TPSA) is 57.5 Å². The van der Waals surface area contributed by atoms with Crippen molar-refractivity contribution in [3.8, 4) is 0 Å². The third-order valence-electron chi connectivity index (χ3n) is 13.2. The second kappa shape index (κ2) is 7.71. The second-order valence-electron chi connectivity index (χ2n) is 15.5. The van der Waals surface area contributed by atoms with Crippen LogP contribution in [-0.4, -0.2) is 22.3 Å². The van der Waals surface area contributed by atoms with Gasteiger partial charge in [-0.15, -0.1) is 0 Å². The number of allylic oxidation sites excluding steroid dienone is 3. The fourth-order valence-corrected chi connectivity index (χ4v) is 10.8. The van der Waals surface area contributed by atoms with Gasteiger partial charge in [-0.25, -0.2) is 4.79 Å². The van der Waals surface area contributed by atoms with Crippen molar-refractivity contribution in [1.29, 1.82) is 0 Å². The van der Waals surface area contributed by atoms with Gasteiger partial charge in [0.25, 0.3) is 0 Å². The van der Waals surface area contributed by atoms with Crippen LogP contribution in [0.5, 0.6) is 0 Å². The lowest BCUT2D eigenvalue weighted by Gasteiger charge is -2.71. The summed E-state index contributed by atoms with van der Waals surface area (Å²) in [6.45, 7) is 17.3. The predicted octanol–water partition coefficient (Wildman–Crippen LogP) is 7.79. The molecule has 0 spiro atoms. The van der Waals surface area contributed by atoms with E-state index in [4.69, 9.17) is 0 Å². The molecule has 0 aromatic rings. The molecular weight excluding hydrogens is 432 g/mol. The number of hydrogen-bond donors (Lipinski definition) is 2. The molecule has 0 saturated heterocycles. The van der Waals surface area contributed by atoms with Crippen molar-refractivity contribution in [2.24, 2.45) is 50.2 Å². The molecule has 0 aliphatic heterocycles. The number of carbonyl (C=O) groups is 1. The molecule has 8 atom stereocenters. The molecule has 3 heteroatoms. The quantitative estimate of drug-likeness (QED) is 0.312. The van der Waals surface area contributed by atoms with Gasteiger partial charge >= 0.3 is 5.97 Å². The van der Waals surface area contributed by atoms with E-state index in [-0.39, 0.29) is 33.2 Å². The normalized spacial score (nSPS) is 50.3. The first-order valence-electron chi connectivity index (χ1n) is 14.4. The van der Waals surface area contributed by atoms with Crippen LogP contribution in [0.1, 0.15) is 113 Å². The minimum absolute atomic E-state index is 0.000489. The summed E-state index contributed by atoms with van der Waals surface area (Å²) in [5.41, 5.74) is 2.64. The van der Waals surface area contributed by atoms with E-state index in [1.807, 2.05) is 0 Å². The van der Waals surface area contributed by atoms with E-state index in [9.17, 15) is 15.0 Å². The Morgan fingerprint density at radius 2 is 1.60 bits per heavy atom. The Kier molecular flexibility index (Phi) is 5.63. The Hall–Kier alpha value is -1.09. The highest BCUT2D eigenvalue weighted by Crippen LogP contribution is 2.75. The molecule has 2 N–H and O–H groups in total. The second-order valence-corrected chi connectivity index (χ2v) is 15.5. The molecule has 4 fully saturated rings. The van der Waals surface area contributed by atoms with Gasteiger partial charge < -0.3 is 10.2 Å². The first-order valence-corrected chi connectivity index (χ1v) is 14.4. The van der Waals surface area contributed by atoms with Crippen LogP contribution in [0.25, 0.3) is 0 Å². The molecule has 3 nitrogen and oxygen atoms in total. The van der Waals surface area contributed by atoms with Crippen molar-refractivity contribution in [3.63, 3.8) is 0 Å². The van der Waals surface area contributed by atoms with Crippen molar-refractivity contribution < 1.29 is 15.0 Å². The lowest BCUT2D eigenvalue weighted by atomic mass is 9.33. The van der Waals surface area contributed by atoms with Gasteiger partial charge in [-0.2, -0.15) is 0 Å². The van der Waals surface area contributed by atoms with Crippen LogP contribution >= 0.6 is 0 Å². The summed E-state index contributed by atoms with van der Waals surface area (Å²) in [6.07, 6.45) is 17.4.